The summed E-state index contributed by atoms with van der Waals surface area (Å²) in [5.41, 5.74) is 8.97. The maximum atomic E-state index is 6.75. The molecule has 0 aliphatic carbocycles. The van der Waals surface area contributed by atoms with E-state index in [1.165, 1.54) is 31.3 Å². The van der Waals surface area contributed by atoms with Crippen LogP contribution >= 0.6 is 11.3 Å². The molecule has 0 bridgehead atoms. The minimum Gasteiger partial charge on any atom is -0.455 e. The number of aromatic nitrogens is 3. The number of hydrogen-bond donors (Lipinski definition) is 0. The average Bonchev–Trinajstić information content (AvgIpc) is 3.77. The second kappa shape index (κ2) is 11.6. The molecule has 50 heavy (non-hydrogen) atoms. The molecule has 0 aliphatic rings. The van der Waals surface area contributed by atoms with Crippen LogP contribution in [0.25, 0.3) is 98.5 Å². The van der Waals surface area contributed by atoms with E-state index in [1.807, 2.05) is 47.7 Å². The van der Waals surface area contributed by atoms with Crippen LogP contribution in [-0.2, 0) is 0 Å². The summed E-state index contributed by atoms with van der Waals surface area (Å²) >= 11 is 1.83. The van der Waals surface area contributed by atoms with Crippen LogP contribution in [0.4, 0.5) is 0 Å². The van der Waals surface area contributed by atoms with E-state index in [0.717, 1.165) is 49.8 Å². The van der Waals surface area contributed by atoms with Crippen LogP contribution in [-0.4, -0.2) is 15.0 Å². The predicted molar refractivity (Wildman–Crippen MR) is 207 cm³/mol. The number of para-hydroxylation sites is 1. The largest absolute Gasteiger partial charge is 0.455 e. The van der Waals surface area contributed by atoms with Gasteiger partial charge in [0.2, 0.25) is 0 Å². The molecule has 0 saturated heterocycles. The summed E-state index contributed by atoms with van der Waals surface area (Å²) in [7, 11) is 0. The average molecular weight is 658 g/mol. The van der Waals surface area contributed by atoms with Crippen molar-refractivity contribution in [2.45, 2.75) is 0 Å². The number of thiophene rings is 1. The molecule has 5 heteroatoms. The molecule has 0 fully saturated rings. The molecule has 0 N–H and O–H groups in total. The predicted octanol–water partition coefficient (Wildman–Crippen LogP) is 12.5. The lowest BCUT2D eigenvalue weighted by Crippen LogP contribution is -2.00. The van der Waals surface area contributed by atoms with E-state index >= 15 is 0 Å². The second-order valence-electron chi connectivity index (χ2n) is 12.4. The van der Waals surface area contributed by atoms with Gasteiger partial charge in [-0.3, -0.25) is 0 Å². The van der Waals surface area contributed by atoms with E-state index < -0.39 is 0 Å². The minimum atomic E-state index is 0.595. The molecule has 0 atom stereocenters. The molecule has 3 heterocycles. The lowest BCUT2D eigenvalue weighted by atomic mass is 9.97. The SMILES string of the molecule is c1ccc(-c2ccc(-c3nc(-c4ccccc4)nc(-c4ccc5c(c4)oc4c(-c6cccc7sc8ccccc8c67)cccc45)n3)cc2)cc1. The standard InChI is InChI=1S/C45H27N3OS/c1-3-11-28(12-4-1)29-21-23-31(24-22-29)44-46-43(30-13-5-2-6-14-30)47-45(48-44)32-25-26-33-35-17-9-18-36(42(35)49-38(33)27-32)34-16-10-20-40-41(34)37-15-7-8-19-39(37)50-40/h1-27H. The third kappa shape index (κ3) is 4.79. The lowest BCUT2D eigenvalue weighted by Gasteiger charge is -2.09. The Hall–Kier alpha value is -6.43. The van der Waals surface area contributed by atoms with Crippen molar-refractivity contribution in [3.8, 4) is 56.4 Å². The van der Waals surface area contributed by atoms with Gasteiger partial charge in [0, 0.05) is 53.2 Å². The summed E-state index contributed by atoms with van der Waals surface area (Å²) in [6.45, 7) is 0. The van der Waals surface area contributed by atoms with E-state index in [2.05, 4.69) is 127 Å². The fourth-order valence-electron chi connectivity index (χ4n) is 6.94. The van der Waals surface area contributed by atoms with Crippen molar-refractivity contribution in [1.29, 1.82) is 0 Å². The summed E-state index contributed by atoms with van der Waals surface area (Å²) in [4.78, 5) is 14.9. The van der Waals surface area contributed by atoms with Crippen LogP contribution in [0.3, 0.4) is 0 Å². The van der Waals surface area contributed by atoms with Crippen LogP contribution in [0.2, 0.25) is 0 Å². The van der Waals surface area contributed by atoms with Crippen molar-refractivity contribution >= 4 is 53.4 Å². The first-order valence-corrected chi connectivity index (χ1v) is 17.4. The Morgan fingerprint density at radius 3 is 1.70 bits per heavy atom. The third-order valence-corrected chi connectivity index (χ3v) is 10.5. The molecular weight excluding hydrogens is 631 g/mol. The van der Waals surface area contributed by atoms with Gasteiger partial charge in [0.05, 0.1) is 0 Å². The molecule has 10 aromatic rings. The van der Waals surface area contributed by atoms with E-state index in [9.17, 15) is 0 Å². The van der Waals surface area contributed by atoms with Crippen molar-refractivity contribution in [3.63, 3.8) is 0 Å². The Bertz CT molecular complexity index is 2860. The zero-order valence-electron chi connectivity index (χ0n) is 26.7. The first-order chi connectivity index (χ1) is 24.8. The topological polar surface area (TPSA) is 51.8 Å². The van der Waals surface area contributed by atoms with Gasteiger partial charge >= 0.3 is 0 Å². The lowest BCUT2D eigenvalue weighted by molar-refractivity contribution is 0.670. The molecule has 3 aromatic heterocycles. The van der Waals surface area contributed by atoms with E-state index in [0.29, 0.717) is 17.5 Å². The van der Waals surface area contributed by atoms with Crippen LogP contribution in [0.5, 0.6) is 0 Å². The van der Waals surface area contributed by atoms with Crippen molar-refractivity contribution in [2.75, 3.05) is 0 Å². The summed E-state index contributed by atoms with van der Waals surface area (Å²) < 4.78 is 9.31. The van der Waals surface area contributed by atoms with Crippen LogP contribution < -0.4 is 0 Å². The fraction of sp³-hybridized carbons (Fsp3) is 0. The summed E-state index contributed by atoms with van der Waals surface area (Å²) in [5, 5.41) is 4.68. The van der Waals surface area contributed by atoms with Gasteiger partial charge in [0.25, 0.3) is 0 Å². The van der Waals surface area contributed by atoms with Gasteiger partial charge in [0.15, 0.2) is 17.5 Å². The van der Waals surface area contributed by atoms with Crippen molar-refractivity contribution in [3.05, 3.63) is 164 Å². The van der Waals surface area contributed by atoms with Crippen LogP contribution in [0.15, 0.2) is 168 Å². The van der Waals surface area contributed by atoms with Gasteiger partial charge in [-0.1, -0.05) is 140 Å². The van der Waals surface area contributed by atoms with E-state index in [1.54, 1.807) is 0 Å². The number of nitrogens with zero attached hydrogens (tertiary/aromatic N) is 3. The zero-order valence-corrected chi connectivity index (χ0v) is 27.6. The number of furan rings is 1. The van der Waals surface area contributed by atoms with E-state index in [-0.39, 0.29) is 0 Å². The molecule has 0 amide bonds. The van der Waals surface area contributed by atoms with Crippen molar-refractivity contribution in [2.24, 2.45) is 0 Å². The Morgan fingerprint density at radius 2 is 0.920 bits per heavy atom. The Balaban J connectivity index is 1.11. The van der Waals surface area contributed by atoms with Crippen LogP contribution in [0, 0.1) is 0 Å². The molecule has 10 rings (SSSR count). The Kier molecular flexibility index (Phi) is 6.64. The number of benzene rings is 7. The van der Waals surface area contributed by atoms with Gasteiger partial charge in [-0.15, -0.1) is 11.3 Å². The highest BCUT2D eigenvalue weighted by molar-refractivity contribution is 7.25. The second-order valence-corrected chi connectivity index (χ2v) is 13.5. The smallest absolute Gasteiger partial charge is 0.164 e. The molecule has 0 unspecified atom stereocenters. The van der Waals surface area contributed by atoms with Crippen molar-refractivity contribution < 1.29 is 4.42 Å². The maximum absolute atomic E-state index is 6.75. The Morgan fingerprint density at radius 1 is 0.380 bits per heavy atom. The quantitative estimate of drug-likeness (QED) is 0.185. The Labute approximate surface area is 292 Å². The number of fused-ring (bicyclic) bond motifs is 6. The first kappa shape index (κ1) is 28.6. The van der Waals surface area contributed by atoms with Gasteiger partial charge < -0.3 is 4.42 Å². The van der Waals surface area contributed by atoms with E-state index in [4.69, 9.17) is 19.4 Å². The van der Waals surface area contributed by atoms with Gasteiger partial charge in [-0.25, -0.2) is 15.0 Å². The maximum Gasteiger partial charge on any atom is 0.164 e. The summed E-state index contributed by atoms with van der Waals surface area (Å²) in [6.07, 6.45) is 0. The molecule has 234 valence electrons. The highest BCUT2D eigenvalue weighted by Gasteiger charge is 2.18. The zero-order chi connectivity index (χ0) is 33.0. The van der Waals surface area contributed by atoms with Gasteiger partial charge in [-0.2, -0.15) is 0 Å². The van der Waals surface area contributed by atoms with Crippen molar-refractivity contribution in [1.82, 2.24) is 15.0 Å². The molecule has 0 spiro atoms. The van der Waals surface area contributed by atoms with Gasteiger partial charge in [-0.05, 0) is 41.0 Å². The van der Waals surface area contributed by atoms with Crippen LogP contribution in [0.1, 0.15) is 0 Å². The molecule has 7 aromatic carbocycles. The third-order valence-electron chi connectivity index (χ3n) is 9.37. The number of rotatable bonds is 5. The fourth-order valence-corrected chi connectivity index (χ4v) is 8.07. The van der Waals surface area contributed by atoms with Gasteiger partial charge in [0.1, 0.15) is 11.2 Å². The molecular formula is C45H27N3OS. The highest BCUT2D eigenvalue weighted by atomic mass is 32.1. The summed E-state index contributed by atoms with van der Waals surface area (Å²) in [6, 6.07) is 56.7. The highest BCUT2D eigenvalue weighted by Crippen LogP contribution is 2.43. The summed E-state index contributed by atoms with van der Waals surface area (Å²) in [5.74, 6) is 1.84. The minimum absolute atomic E-state index is 0.595. The normalized spacial score (nSPS) is 11.6. The molecule has 0 radical (unpaired) electrons. The number of hydrogen-bond acceptors (Lipinski definition) is 5. The first-order valence-electron chi connectivity index (χ1n) is 16.6. The molecule has 4 nitrogen and oxygen atoms in total. The monoisotopic (exact) mass is 657 g/mol. The molecule has 0 aliphatic heterocycles. The molecule has 0 saturated carbocycles.